The summed E-state index contributed by atoms with van der Waals surface area (Å²) in [6.45, 7) is 2.54. The van der Waals surface area contributed by atoms with Crippen molar-refractivity contribution in [3.8, 4) is 0 Å². The largest absolute Gasteiger partial charge is 0.370 e. The highest BCUT2D eigenvalue weighted by Crippen LogP contribution is 2.19. The van der Waals surface area contributed by atoms with Gasteiger partial charge in [-0.25, -0.2) is 9.78 Å². The van der Waals surface area contributed by atoms with Crippen LogP contribution < -0.4 is 16.0 Å². The Balaban J connectivity index is 1.37. The molecule has 7 heteroatoms. The summed E-state index contributed by atoms with van der Waals surface area (Å²) in [6.07, 6.45) is 2.55. The molecule has 4 aromatic rings. The molecule has 0 saturated carbocycles. The minimum atomic E-state index is -0.393. The van der Waals surface area contributed by atoms with E-state index in [1.807, 2.05) is 73.7 Å². The predicted octanol–water partition coefficient (Wildman–Crippen LogP) is 4.63. The number of aryl methyl sites for hydroxylation is 1. The molecule has 7 nitrogen and oxygen atoms in total. The summed E-state index contributed by atoms with van der Waals surface area (Å²) in [5.41, 5.74) is 2.46. The van der Waals surface area contributed by atoms with Crippen molar-refractivity contribution in [1.82, 2.24) is 15.0 Å². The van der Waals surface area contributed by atoms with Crippen molar-refractivity contribution in [3.63, 3.8) is 0 Å². The highest BCUT2D eigenvalue weighted by Gasteiger charge is 2.08. The maximum Gasteiger partial charge on any atom is 0.326 e. The van der Waals surface area contributed by atoms with Crippen LogP contribution in [0.15, 0.2) is 72.9 Å². The van der Waals surface area contributed by atoms with Gasteiger partial charge >= 0.3 is 6.03 Å². The number of benzene rings is 2. The second-order valence-electron chi connectivity index (χ2n) is 6.86. The summed E-state index contributed by atoms with van der Waals surface area (Å²) in [6, 6.07) is 21.0. The van der Waals surface area contributed by atoms with E-state index in [0.29, 0.717) is 18.1 Å². The lowest BCUT2D eigenvalue weighted by molar-refractivity contribution is 0.262. The van der Waals surface area contributed by atoms with Gasteiger partial charge in [-0.3, -0.25) is 10.3 Å². The zero-order chi connectivity index (χ0) is 20.8. The van der Waals surface area contributed by atoms with Crippen LogP contribution in [0.5, 0.6) is 0 Å². The van der Waals surface area contributed by atoms with Gasteiger partial charge in [-0.2, -0.15) is 4.98 Å². The van der Waals surface area contributed by atoms with Crippen molar-refractivity contribution >= 4 is 34.3 Å². The van der Waals surface area contributed by atoms with E-state index in [-0.39, 0.29) is 5.95 Å². The molecular weight excluding hydrogens is 376 g/mol. The average Bonchev–Trinajstić information content (AvgIpc) is 2.74. The van der Waals surface area contributed by atoms with E-state index in [4.69, 9.17) is 0 Å². The first-order chi connectivity index (χ1) is 14.7. The lowest BCUT2D eigenvalue weighted by Crippen LogP contribution is -2.21. The summed E-state index contributed by atoms with van der Waals surface area (Å²) in [5.74, 6) is 0.896. The SMILES string of the molecule is Cc1cc(NCCc2ccccn2)nc(NC(=O)Nc2ccc3ccccc3c2)n1. The van der Waals surface area contributed by atoms with Gasteiger partial charge in [-0.1, -0.05) is 36.4 Å². The monoisotopic (exact) mass is 398 g/mol. The average molecular weight is 398 g/mol. The van der Waals surface area contributed by atoms with Crippen LogP contribution in [0.25, 0.3) is 10.8 Å². The molecule has 0 spiro atoms. The summed E-state index contributed by atoms with van der Waals surface area (Å²) >= 11 is 0. The van der Waals surface area contributed by atoms with Crippen molar-refractivity contribution in [2.24, 2.45) is 0 Å². The number of hydrogen-bond donors (Lipinski definition) is 3. The quantitative estimate of drug-likeness (QED) is 0.440. The lowest BCUT2D eigenvalue weighted by Gasteiger charge is -2.10. The normalized spacial score (nSPS) is 10.6. The summed E-state index contributed by atoms with van der Waals surface area (Å²) in [4.78, 5) is 25.4. The van der Waals surface area contributed by atoms with Gasteiger partial charge in [-0.05, 0) is 42.0 Å². The fourth-order valence-electron chi connectivity index (χ4n) is 3.11. The number of pyridine rings is 1. The highest BCUT2D eigenvalue weighted by atomic mass is 16.2. The molecule has 0 aliphatic carbocycles. The number of nitrogens with one attached hydrogen (secondary N) is 3. The van der Waals surface area contributed by atoms with Crippen molar-refractivity contribution in [3.05, 3.63) is 84.3 Å². The van der Waals surface area contributed by atoms with Crippen LogP contribution in [0.3, 0.4) is 0 Å². The van der Waals surface area contributed by atoms with Crippen LogP contribution in [0.1, 0.15) is 11.4 Å². The minimum Gasteiger partial charge on any atom is -0.370 e. The number of anilines is 3. The van der Waals surface area contributed by atoms with Gasteiger partial charge in [0, 0.05) is 42.3 Å². The zero-order valence-corrected chi connectivity index (χ0v) is 16.6. The number of fused-ring (bicyclic) bond motifs is 1. The van der Waals surface area contributed by atoms with Gasteiger partial charge in [-0.15, -0.1) is 0 Å². The van der Waals surface area contributed by atoms with Gasteiger partial charge in [0.05, 0.1) is 0 Å². The van der Waals surface area contributed by atoms with Crippen molar-refractivity contribution in [2.75, 3.05) is 22.5 Å². The molecule has 4 rings (SSSR count). The van der Waals surface area contributed by atoms with E-state index in [1.54, 1.807) is 6.20 Å². The first-order valence-electron chi connectivity index (χ1n) is 9.72. The number of hydrogen-bond acceptors (Lipinski definition) is 5. The number of rotatable bonds is 6. The van der Waals surface area contributed by atoms with Crippen LogP contribution in [0.4, 0.5) is 22.2 Å². The van der Waals surface area contributed by atoms with Crippen molar-refractivity contribution < 1.29 is 4.79 Å². The maximum absolute atomic E-state index is 12.4. The molecular formula is C23H22N6O. The molecule has 2 amide bonds. The highest BCUT2D eigenvalue weighted by molar-refractivity contribution is 6.00. The molecule has 0 atom stereocenters. The topological polar surface area (TPSA) is 91.8 Å². The van der Waals surface area contributed by atoms with E-state index in [2.05, 4.69) is 30.9 Å². The fourth-order valence-corrected chi connectivity index (χ4v) is 3.11. The molecule has 0 bridgehead atoms. The van der Waals surface area contributed by atoms with E-state index in [0.717, 1.165) is 28.6 Å². The Morgan fingerprint density at radius 3 is 2.57 bits per heavy atom. The van der Waals surface area contributed by atoms with Gasteiger partial charge in [0.25, 0.3) is 0 Å². The number of urea groups is 1. The fraction of sp³-hybridized carbons (Fsp3) is 0.130. The Morgan fingerprint density at radius 2 is 1.73 bits per heavy atom. The van der Waals surface area contributed by atoms with E-state index >= 15 is 0 Å². The number of amides is 2. The van der Waals surface area contributed by atoms with E-state index < -0.39 is 6.03 Å². The molecule has 150 valence electrons. The van der Waals surface area contributed by atoms with Crippen LogP contribution in [0, 0.1) is 6.92 Å². The summed E-state index contributed by atoms with van der Waals surface area (Å²) in [7, 11) is 0. The second kappa shape index (κ2) is 9.00. The van der Waals surface area contributed by atoms with Crippen LogP contribution in [-0.4, -0.2) is 27.5 Å². The number of nitrogens with zero attached hydrogens (tertiary/aromatic N) is 3. The molecule has 0 fully saturated rings. The third-order valence-corrected chi connectivity index (χ3v) is 4.50. The zero-order valence-electron chi connectivity index (χ0n) is 16.6. The molecule has 2 aromatic carbocycles. The van der Waals surface area contributed by atoms with Crippen molar-refractivity contribution in [1.29, 1.82) is 0 Å². The third kappa shape index (κ3) is 5.08. The van der Waals surface area contributed by atoms with Gasteiger partial charge in [0.2, 0.25) is 5.95 Å². The standard InChI is InChI=1S/C23H22N6O/c1-16-14-21(25-13-11-19-8-4-5-12-24-19)28-22(26-16)29-23(30)27-20-10-9-17-6-2-3-7-18(17)15-20/h2-10,12,14-15H,11,13H2,1H3,(H3,25,26,27,28,29,30). The molecule has 30 heavy (non-hydrogen) atoms. The van der Waals surface area contributed by atoms with Crippen LogP contribution >= 0.6 is 0 Å². The number of carbonyl (C=O) groups is 1. The van der Waals surface area contributed by atoms with Crippen LogP contribution in [0.2, 0.25) is 0 Å². The molecule has 0 saturated heterocycles. The molecule has 3 N–H and O–H groups in total. The molecule has 2 heterocycles. The summed E-state index contributed by atoms with van der Waals surface area (Å²) in [5, 5.41) is 11.0. The van der Waals surface area contributed by atoms with Gasteiger partial charge in [0.15, 0.2) is 0 Å². The third-order valence-electron chi connectivity index (χ3n) is 4.50. The number of aromatic nitrogens is 3. The minimum absolute atomic E-state index is 0.244. The smallest absolute Gasteiger partial charge is 0.326 e. The predicted molar refractivity (Wildman–Crippen MR) is 120 cm³/mol. The molecule has 2 aromatic heterocycles. The Morgan fingerprint density at radius 1 is 0.900 bits per heavy atom. The first kappa shape index (κ1) is 19.3. The summed E-state index contributed by atoms with van der Waals surface area (Å²) < 4.78 is 0. The molecule has 0 radical (unpaired) electrons. The second-order valence-corrected chi connectivity index (χ2v) is 6.86. The Hall–Kier alpha value is -4.00. The Labute approximate surface area is 174 Å². The molecule has 0 aliphatic rings. The lowest BCUT2D eigenvalue weighted by atomic mass is 10.1. The number of carbonyl (C=O) groups excluding carboxylic acids is 1. The maximum atomic E-state index is 12.4. The van der Waals surface area contributed by atoms with Crippen LogP contribution in [-0.2, 0) is 6.42 Å². The van der Waals surface area contributed by atoms with Crippen molar-refractivity contribution in [2.45, 2.75) is 13.3 Å². The Kier molecular flexibility index (Phi) is 5.80. The molecule has 0 aliphatic heterocycles. The first-order valence-corrected chi connectivity index (χ1v) is 9.72. The van der Waals surface area contributed by atoms with E-state index in [9.17, 15) is 4.79 Å². The van der Waals surface area contributed by atoms with Gasteiger partial charge in [0.1, 0.15) is 5.82 Å². The molecule has 0 unspecified atom stereocenters. The van der Waals surface area contributed by atoms with Gasteiger partial charge < -0.3 is 10.6 Å². The van der Waals surface area contributed by atoms with E-state index in [1.165, 1.54) is 0 Å². The Bertz CT molecular complexity index is 1160.